The number of piperidine rings is 1. The van der Waals surface area contributed by atoms with E-state index in [9.17, 15) is 14.7 Å². The summed E-state index contributed by atoms with van der Waals surface area (Å²) >= 11 is 0. The molecule has 2 rings (SSSR count). The van der Waals surface area contributed by atoms with Crippen LogP contribution in [0.5, 0.6) is 0 Å². The standard InChI is InChI=1S/C17H30N6O4.CH2O2/c1-21(2)11-16(25)22-7-5-14(24)13(10-22)17(26)18-9-15-20-19-12-23(15)6-4-8-27-3;2-1-3/h12-14,24H,4-11H2,1-3H3,(H,18,26);1H,(H,2,3)/t13-,14+;/m0./s1. The predicted octanol–water partition coefficient (Wildman–Crippen LogP) is -1.60. The van der Waals surface area contributed by atoms with Crippen molar-refractivity contribution in [1.82, 2.24) is 29.9 Å². The van der Waals surface area contributed by atoms with Gasteiger partial charge in [-0.05, 0) is 26.9 Å². The summed E-state index contributed by atoms with van der Waals surface area (Å²) in [6, 6.07) is 0. The van der Waals surface area contributed by atoms with Crippen LogP contribution in [0.1, 0.15) is 18.7 Å². The van der Waals surface area contributed by atoms with Gasteiger partial charge in [-0.1, -0.05) is 0 Å². The first kappa shape index (κ1) is 25.5. The Balaban J connectivity index is 0.00000141. The molecule has 2 amide bonds. The number of carbonyl (C=O) groups excluding carboxylic acids is 2. The number of methoxy groups -OCH3 is 1. The molecule has 1 aliphatic rings. The van der Waals surface area contributed by atoms with Crippen molar-refractivity contribution in [1.29, 1.82) is 0 Å². The summed E-state index contributed by atoms with van der Waals surface area (Å²) in [5.41, 5.74) is 0. The third kappa shape index (κ3) is 8.43. The lowest BCUT2D eigenvalue weighted by atomic mass is 9.93. The minimum atomic E-state index is -0.757. The monoisotopic (exact) mass is 428 g/mol. The van der Waals surface area contributed by atoms with E-state index >= 15 is 0 Å². The molecule has 170 valence electrons. The summed E-state index contributed by atoms with van der Waals surface area (Å²) in [4.78, 5) is 36.6. The minimum absolute atomic E-state index is 0.0393. The van der Waals surface area contributed by atoms with Crippen LogP contribution < -0.4 is 5.32 Å². The number of rotatable bonds is 9. The second-order valence-corrected chi connectivity index (χ2v) is 7.15. The van der Waals surface area contributed by atoms with Gasteiger partial charge in [0, 0.05) is 33.4 Å². The summed E-state index contributed by atoms with van der Waals surface area (Å²) in [6.07, 6.45) is 2.08. The summed E-state index contributed by atoms with van der Waals surface area (Å²) in [6.45, 7) is 2.28. The molecule has 12 heteroatoms. The zero-order valence-corrected chi connectivity index (χ0v) is 17.7. The lowest BCUT2D eigenvalue weighted by molar-refractivity contribution is -0.140. The van der Waals surface area contributed by atoms with Crippen LogP contribution in [0.15, 0.2) is 6.33 Å². The van der Waals surface area contributed by atoms with Crippen molar-refractivity contribution >= 4 is 18.3 Å². The Kier molecular flexibility index (Phi) is 11.6. The highest BCUT2D eigenvalue weighted by atomic mass is 16.5. The van der Waals surface area contributed by atoms with E-state index in [0.29, 0.717) is 31.9 Å². The van der Waals surface area contributed by atoms with Crippen LogP contribution in [0.25, 0.3) is 0 Å². The zero-order valence-electron chi connectivity index (χ0n) is 17.7. The third-order valence-electron chi connectivity index (χ3n) is 4.58. The smallest absolute Gasteiger partial charge is 0.290 e. The molecular weight excluding hydrogens is 396 g/mol. The second kappa shape index (κ2) is 13.6. The molecule has 2 heterocycles. The van der Waals surface area contributed by atoms with E-state index in [1.54, 1.807) is 23.2 Å². The molecule has 0 bridgehead atoms. The number of likely N-dealkylation sites (N-methyl/N-ethyl adjacent to an activating group) is 1. The molecule has 0 spiro atoms. The normalized spacial score (nSPS) is 18.5. The largest absolute Gasteiger partial charge is 0.483 e. The number of carboxylic acid groups (broad SMARTS) is 1. The Morgan fingerprint density at radius 3 is 2.77 bits per heavy atom. The fourth-order valence-electron chi connectivity index (χ4n) is 3.07. The molecule has 1 aliphatic heterocycles. The number of amides is 2. The van der Waals surface area contributed by atoms with Gasteiger partial charge in [0.25, 0.3) is 6.47 Å². The molecule has 0 aliphatic carbocycles. The van der Waals surface area contributed by atoms with Gasteiger partial charge >= 0.3 is 0 Å². The van der Waals surface area contributed by atoms with Crippen molar-refractivity contribution < 1.29 is 29.3 Å². The maximum atomic E-state index is 12.6. The van der Waals surface area contributed by atoms with Gasteiger partial charge in [0.05, 0.1) is 25.1 Å². The first-order valence-corrected chi connectivity index (χ1v) is 9.65. The number of aryl methyl sites for hydroxylation is 1. The molecule has 0 aromatic carbocycles. The van der Waals surface area contributed by atoms with Gasteiger partial charge in [-0.3, -0.25) is 14.4 Å². The van der Waals surface area contributed by atoms with E-state index in [4.69, 9.17) is 14.6 Å². The Morgan fingerprint density at radius 1 is 1.43 bits per heavy atom. The van der Waals surface area contributed by atoms with Crippen LogP contribution in [0, 0.1) is 5.92 Å². The number of aliphatic hydroxyl groups excluding tert-OH is 1. The lowest BCUT2D eigenvalue weighted by Crippen LogP contribution is -2.52. The molecule has 0 saturated carbocycles. The summed E-state index contributed by atoms with van der Waals surface area (Å²) in [7, 11) is 5.29. The highest BCUT2D eigenvalue weighted by Crippen LogP contribution is 2.18. The maximum absolute atomic E-state index is 12.6. The number of hydrogen-bond acceptors (Lipinski definition) is 8. The lowest BCUT2D eigenvalue weighted by Gasteiger charge is -2.35. The average molecular weight is 428 g/mol. The number of carbonyl (C=O) groups is 3. The van der Waals surface area contributed by atoms with Gasteiger partial charge in [0.2, 0.25) is 11.8 Å². The van der Waals surface area contributed by atoms with Gasteiger partial charge in [-0.15, -0.1) is 10.2 Å². The van der Waals surface area contributed by atoms with Crippen LogP contribution in [-0.2, 0) is 32.2 Å². The quantitative estimate of drug-likeness (QED) is 0.312. The Hall–Kier alpha value is -2.57. The van der Waals surface area contributed by atoms with Crippen LogP contribution >= 0.6 is 0 Å². The summed E-state index contributed by atoms with van der Waals surface area (Å²) < 4.78 is 6.90. The number of aliphatic hydroxyl groups is 1. The topological polar surface area (TPSA) is 150 Å². The predicted molar refractivity (Wildman–Crippen MR) is 106 cm³/mol. The fourth-order valence-corrected chi connectivity index (χ4v) is 3.07. The molecule has 1 aromatic heterocycles. The molecule has 1 fully saturated rings. The van der Waals surface area contributed by atoms with Crippen molar-refractivity contribution in [2.45, 2.75) is 32.0 Å². The minimum Gasteiger partial charge on any atom is -0.483 e. The number of likely N-dealkylation sites (tertiary alicyclic amines) is 1. The van der Waals surface area contributed by atoms with Crippen LogP contribution in [0.2, 0.25) is 0 Å². The average Bonchev–Trinajstić information content (AvgIpc) is 3.14. The molecule has 0 radical (unpaired) electrons. The molecule has 12 nitrogen and oxygen atoms in total. The number of nitrogens with zero attached hydrogens (tertiary/aromatic N) is 5. The van der Waals surface area contributed by atoms with Gasteiger partial charge in [-0.2, -0.15) is 0 Å². The van der Waals surface area contributed by atoms with Gasteiger partial charge in [0.1, 0.15) is 6.33 Å². The van der Waals surface area contributed by atoms with Crippen molar-refractivity contribution in [2.24, 2.45) is 5.92 Å². The van der Waals surface area contributed by atoms with Gasteiger partial charge < -0.3 is 34.6 Å². The van der Waals surface area contributed by atoms with E-state index in [1.807, 2.05) is 18.7 Å². The van der Waals surface area contributed by atoms with E-state index in [0.717, 1.165) is 6.42 Å². The molecule has 1 saturated heterocycles. The van der Waals surface area contributed by atoms with Crippen LogP contribution in [0.3, 0.4) is 0 Å². The second-order valence-electron chi connectivity index (χ2n) is 7.15. The Morgan fingerprint density at radius 2 is 2.13 bits per heavy atom. The van der Waals surface area contributed by atoms with Crippen molar-refractivity contribution in [3.05, 3.63) is 12.2 Å². The Bertz CT molecular complexity index is 667. The number of nitrogens with one attached hydrogen (secondary N) is 1. The number of ether oxygens (including phenoxy) is 1. The summed E-state index contributed by atoms with van der Waals surface area (Å²) in [5, 5.41) is 27.8. The molecule has 3 N–H and O–H groups in total. The Labute approximate surface area is 175 Å². The van der Waals surface area contributed by atoms with Gasteiger partial charge in [-0.25, -0.2) is 0 Å². The van der Waals surface area contributed by atoms with Crippen LogP contribution in [-0.4, -0.2) is 107 Å². The summed E-state index contributed by atoms with van der Waals surface area (Å²) in [5.74, 6) is -0.320. The molecule has 30 heavy (non-hydrogen) atoms. The fraction of sp³-hybridized carbons (Fsp3) is 0.722. The maximum Gasteiger partial charge on any atom is 0.290 e. The van der Waals surface area contributed by atoms with E-state index in [-0.39, 0.29) is 37.9 Å². The highest BCUT2D eigenvalue weighted by molar-refractivity contribution is 5.82. The highest BCUT2D eigenvalue weighted by Gasteiger charge is 2.35. The van der Waals surface area contributed by atoms with E-state index < -0.39 is 12.0 Å². The van der Waals surface area contributed by atoms with Crippen LogP contribution in [0.4, 0.5) is 0 Å². The SMILES string of the molecule is COCCCn1cnnc1CNC(=O)[C@H]1CN(C(=O)CN(C)C)CC[C@H]1O.O=CO. The van der Waals surface area contributed by atoms with Crippen molar-refractivity contribution in [3.8, 4) is 0 Å². The molecule has 1 aromatic rings. The molecule has 2 atom stereocenters. The molecule has 0 unspecified atom stereocenters. The first-order chi connectivity index (χ1) is 14.3. The van der Waals surface area contributed by atoms with E-state index in [2.05, 4.69) is 15.5 Å². The number of hydrogen-bond donors (Lipinski definition) is 3. The number of aromatic nitrogens is 3. The van der Waals surface area contributed by atoms with E-state index in [1.165, 1.54) is 0 Å². The first-order valence-electron chi connectivity index (χ1n) is 9.65. The third-order valence-corrected chi connectivity index (χ3v) is 4.58. The molecular formula is C18H32N6O6. The van der Waals surface area contributed by atoms with Crippen molar-refractivity contribution in [3.63, 3.8) is 0 Å². The van der Waals surface area contributed by atoms with Gasteiger partial charge in [0.15, 0.2) is 5.82 Å². The zero-order chi connectivity index (χ0) is 22.5. The van der Waals surface area contributed by atoms with Crippen molar-refractivity contribution in [2.75, 3.05) is 47.4 Å².